The van der Waals surface area contributed by atoms with Crippen molar-refractivity contribution in [2.24, 2.45) is 0 Å². The van der Waals surface area contributed by atoms with Crippen LogP contribution in [0.5, 0.6) is 0 Å². The van der Waals surface area contributed by atoms with Gasteiger partial charge in [-0.1, -0.05) is 65.7 Å². The fourth-order valence-electron chi connectivity index (χ4n) is 2.16. The topological polar surface area (TPSA) is 74.6 Å². The fourth-order valence-corrected chi connectivity index (χ4v) is 2.77. The summed E-state index contributed by atoms with van der Waals surface area (Å²) in [5.74, 6) is 0. The molecule has 1 unspecified atom stereocenters. The maximum atomic E-state index is 8.74. The monoisotopic (exact) mass is 328 g/mol. The van der Waals surface area contributed by atoms with Crippen molar-refractivity contribution in [1.29, 1.82) is 0 Å². The SMILES string of the molecule is CCCCCC(P)(CCCC)CCCC.O=S(=O)(O)O. The molecule has 0 saturated heterocycles. The van der Waals surface area contributed by atoms with Gasteiger partial charge in [0.25, 0.3) is 0 Å². The van der Waals surface area contributed by atoms with Gasteiger partial charge in [-0.15, -0.1) is 9.24 Å². The number of rotatable bonds is 10. The van der Waals surface area contributed by atoms with Crippen LogP contribution in [0.2, 0.25) is 0 Å². The van der Waals surface area contributed by atoms with Crippen LogP contribution in [0.1, 0.15) is 85.0 Å². The summed E-state index contributed by atoms with van der Waals surface area (Å²) >= 11 is 0. The van der Waals surface area contributed by atoms with Gasteiger partial charge in [0.05, 0.1) is 0 Å². The maximum absolute atomic E-state index is 8.74. The normalized spacial score (nSPS) is 11.9. The molecule has 2 N–H and O–H groups in total. The Hall–Kier alpha value is 0.300. The van der Waals surface area contributed by atoms with E-state index in [-0.39, 0.29) is 0 Å². The molecule has 0 aliphatic carbocycles. The van der Waals surface area contributed by atoms with Crippen molar-refractivity contribution in [3.63, 3.8) is 0 Å². The van der Waals surface area contributed by atoms with Crippen LogP contribution in [-0.4, -0.2) is 22.7 Å². The highest BCUT2D eigenvalue weighted by Crippen LogP contribution is 2.36. The summed E-state index contributed by atoms with van der Waals surface area (Å²) in [6, 6.07) is 0. The lowest BCUT2D eigenvalue weighted by atomic mass is 9.89. The molecule has 0 rings (SSSR count). The van der Waals surface area contributed by atoms with Crippen molar-refractivity contribution in [2.45, 2.75) is 90.1 Å². The third kappa shape index (κ3) is 20.6. The lowest BCUT2D eigenvalue weighted by molar-refractivity contribution is 0.381. The Morgan fingerprint density at radius 3 is 1.40 bits per heavy atom. The molecule has 0 saturated carbocycles. The van der Waals surface area contributed by atoms with Gasteiger partial charge < -0.3 is 0 Å². The zero-order chi connectivity index (χ0) is 16.1. The Balaban J connectivity index is 0. The second kappa shape index (κ2) is 13.0. The zero-order valence-electron chi connectivity index (χ0n) is 13.3. The molecule has 20 heavy (non-hydrogen) atoms. The molecule has 124 valence electrons. The van der Waals surface area contributed by atoms with Crippen molar-refractivity contribution in [3.05, 3.63) is 0 Å². The molecule has 0 amide bonds. The summed E-state index contributed by atoms with van der Waals surface area (Å²) in [5, 5.41) is 0.571. The third-order valence-corrected chi connectivity index (χ3v) is 4.20. The highest BCUT2D eigenvalue weighted by atomic mass is 32.3. The van der Waals surface area contributed by atoms with E-state index in [2.05, 4.69) is 30.0 Å². The maximum Gasteiger partial charge on any atom is 0.394 e. The minimum absolute atomic E-state index is 0.571. The van der Waals surface area contributed by atoms with Gasteiger partial charge in [0.1, 0.15) is 0 Å². The van der Waals surface area contributed by atoms with E-state index in [9.17, 15) is 0 Å². The quantitative estimate of drug-likeness (QED) is 0.339. The van der Waals surface area contributed by atoms with Crippen LogP contribution in [0.25, 0.3) is 0 Å². The molecule has 1 atom stereocenters. The zero-order valence-corrected chi connectivity index (χ0v) is 15.2. The Morgan fingerprint density at radius 2 is 1.10 bits per heavy atom. The predicted octanol–water partition coefficient (Wildman–Crippen LogP) is 4.91. The second-order valence-electron chi connectivity index (χ2n) is 5.47. The molecule has 0 aliphatic heterocycles. The van der Waals surface area contributed by atoms with E-state index < -0.39 is 10.4 Å². The molecule has 0 bridgehead atoms. The summed E-state index contributed by atoms with van der Waals surface area (Å²) in [4.78, 5) is 0. The molecule has 0 spiro atoms. The van der Waals surface area contributed by atoms with Crippen LogP contribution in [0.4, 0.5) is 0 Å². The lowest BCUT2D eigenvalue weighted by Crippen LogP contribution is -2.20. The average molecular weight is 328 g/mol. The van der Waals surface area contributed by atoms with Crippen molar-refractivity contribution in [1.82, 2.24) is 0 Å². The molecule has 0 aliphatic rings. The molecular formula is C14H33O4PS. The first-order chi connectivity index (χ1) is 9.18. The Kier molecular flexibility index (Phi) is 14.7. The van der Waals surface area contributed by atoms with E-state index in [1.807, 2.05) is 0 Å². The summed E-state index contributed by atoms with van der Waals surface area (Å²) < 4.78 is 31.6. The van der Waals surface area contributed by atoms with E-state index in [4.69, 9.17) is 17.5 Å². The standard InChI is InChI=1S/C14H31P.H2O4S/c1-4-7-10-13-14(15,11-8-5-2)12-9-6-3;1-5(2,3)4/h4-13,15H2,1-3H3;(H2,1,2,3,4). The first-order valence-electron chi connectivity index (χ1n) is 7.67. The van der Waals surface area contributed by atoms with Crippen LogP contribution >= 0.6 is 9.24 Å². The first-order valence-corrected chi connectivity index (χ1v) is 9.64. The van der Waals surface area contributed by atoms with E-state index in [1.54, 1.807) is 0 Å². The second-order valence-corrected chi connectivity index (χ2v) is 7.59. The molecule has 4 nitrogen and oxygen atoms in total. The molecule has 0 aromatic heterocycles. The van der Waals surface area contributed by atoms with Crippen LogP contribution in [-0.2, 0) is 10.4 Å². The van der Waals surface area contributed by atoms with E-state index in [0.717, 1.165) is 0 Å². The highest BCUT2D eigenvalue weighted by molar-refractivity contribution is 7.79. The average Bonchev–Trinajstić information content (AvgIpc) is 2.32. The first kappa shape index (κ1) is 22.6. The van der Waals surface area contributed by atoms with Crippen molar-refractivity contribution >= 4 is 19.6 Å². The third-order valence-electron chi connectivity index (χ3n) is 3.33. The van der Waals surface area contributed by atoms with E-state index in [1.165, 1.54) is 64.2 Å². The van der Waals surface area contributed by atoms with Gasteiger partial charge in [-0.2, -0.15) is 8.42 Å². The minimum atomic E-state index is -4.67. The summed E-state index contributed by atoms with van der Waals surface area (Å²) in [6.07, 6.45) is 13.9. The molecule has 0 radical (unpaired) electrons. The van der Waals surface area contributed by atoms with Gasteiger partial charge in [-0.25, -0.2) is 0 Å². The minimum Gasteiger partial charge on any atom is -0.264 e. The van der Waals surface area contributed by atoms with Crippen LogP contribution in [0.3, 0.4) is 0 Å². The van der Waals surface area contributed by atoms with Gasteiger partial charge in [0.2, 0.25) is 0 Å². The van der Waals surface area contributed by atoms with Crippen LogP contribution in [0.15, 0.2) is 0 Å². The highest BCUT2D eigenvalue weighted by Gasteiger charge is 2.22. The van der Waals surface area contributed by atoms with Gasteiger partial charge in [0, 0.05) is 0 Å². The lowest BCUT2D eigenvalue weighted by Gasteiger charge is -2.29. The van der Waals surface area contributed by atoms with Gasteiger partial charge in [-0.3, -0.25) is 9.11 Å². The van der Waals surface area contributed by atoms with Crippen molar-refractivity contribution in [2.75, 3.05) is 0 Å². The predicted molar refractivity (Wildman–Crippen MR) is 89.8 cm³/mol. The fraction of sp³-hybridized carbons (Fsp3) is 1.00. The molecule has 0 heterocycles. The number of hydrogen-bond donors (Lipinski definition) is 2. The van der Waals surface area contributed by atoms with Crippen molar-refractivity contribution in [3.8, 4) is 0 Å². The molecule has 0 aromatic carbocycles. The van der Waals surface area contributed by atoms with Crippen LogP contribution < -0.4 is 0 Å². The van der Waals surface area contributed by atoms with E-state index in [0.29, 0.717) is 5.16 Å². The molecule has 0 fully saturated rings. The van der Waals surface area contributed by atoms with Gasteiger partial charge in [0.15, 0.2) is 0 Å². The smallest absolute Gasteiger partial charge is 0.264 e. The largest absolute Gasteiger partial charge is 0.394 e. The van der Waals surface area contributed by atoms with Gasteiger partial charge in [-0.05, 0) is 24.4 Å². The number of unbranched alkanes of at least 4 members (excludes halogenated alkanes) is 4. The Labute approximate surface area is 127 Å². The van der Waals surface area contributed by atoms with E-state index >= 15 is 0 Å². The molecule has 0 aromatic rings. The Bertz CT molecular complexity index is 288. The van der Waals surface area contributed by atoms with Crippen LogP contribution in [0, 0.1) is 0 Å². The Morgan fingerprint density at radius 1 is 0.800 bits per heavy atom. The molecule has 6 heteroatoms. The van der Waals surface area contributed by atoms with Gasteiger partial charge >= 0.3 is 10.4 Å². The summed E-state index contributed by atoms with van der Waals surface area (Å²) in [5.41, 5.74) is 0. The summed E-state index contributed by atoms with van der Waals surface area (Å²) in [7, 11) is -1.48. The number of hydrogen-bond acceptors (Lipinski definition) is 2. The van der Waals surface area contributed by atoms with Crippen molar-refractivity contribution < 1.29 is 17.5 Å². The molecular weight excluding hydrogens is 295 g/mol. The summed E-state index contributed by atoms with van der Waals surface area (Å²) in [6.45, 7) is 6.90.